The summed E-state index contributed by atoms with van der Waals surface area (Å²) in [6, 6.07) is 47.2. The first kappa shape index (κ1) is 30.7. The molecule has 0 bridgehead atoms. The van der Waals surface area contributed by atoms with Crippen LogP contribution >= 0.6 is 0 Å². The molecule has 6 aromatic carbocycles. The Labute approximate surface area is 289 Å². The molecule has 0 radical (unpaired) electrons. The maximum absolute atomic E-state index is 12.3. The molecule has 6 nitrogen and oxygen atoms in total. The standard InChI is InChI=1S/C44H30N4O2/c1-27(49)31-15-9-17-35(23-31)43-42(30-13-7-4-8-14-30)47-39-25-33(20-22-38(39)46-43)34-19-21-37-40(26-34)48-44(36-18-10-16-32(24-36)28(2)50)41(45-37)29-11-5-3-6-12-29/h3-26H,1-2H3. The van der Waals surface area contributed by atoms with Crippen molar-refractivity contribution in [3.8, 4) is 56.2 Å². The highest BCUT2D eigenvalue weighted by molar-refractivity contribution is 5.98. The average Bonchev–Trinajstić information content (AvgIpc) is 3.17. The molecule has 0 atom stereocenters. The van der Waals surface area contributed by atoms with Gasteiger partial charge in [-0.15, -0.1) is 0 Å². The predicted molar refractivity (Wildman–Crippen MR) is 200 cm³/mol. The van der Waals surface area contributed by atoms with Crippen LogP contribution in [-0.2, 0) is 0 Å². The monoisotopic (exact) mass is 646 g/mol. The molecular weight excluding hydrogens is 617 g/mol. The maximum atomic E-state index is 12.3. The number of carbonyl (C=O) groups is 2. The van der Waals surface area contributed by atoms with Crippen LogP contribution in [-0.4, -0.2) is 31.5 Å². The molecule has 0 unspecified atom stereocenters. The van der Waals surface area contributed by atoms with E-state index in [1.165, 1.54) is 0 Å². The minimum absolute atomic E-state index is 0.000402. The van der Waals surface area contributed by atoms with Crippen molar-refractivity contribution in [2.75, 3.05) is 0 Å². The van der Waals surface area contributed by atoms with Crippen molar-refractivity contribution in [1.29, 1.82) is 0 Å². The van der Waals surface area contributed by atoms with E-state index in [0.717, 1.165) is 72.5 Å². The number of hydrogen-bond acceptors (Lipinski definition) is 6. The summed E-state index contributed by atoms with van der Waals surface area (Å²) in [5, 5.41) is 0. The minimum Gasteiger partial charge on any atom is -0.295 e. The summed E-state index contributed by atoms with van der Waals surface area (Å²) >= 11 is 0. The van der Waals surface area contributed by atoms with Gasteiger partial charge in [0, 0.05) is 33.4 Å². The fourth-order valence-corrected chi connectivity index (χ4v) is 6.24. The highest BCUT2D eigenvalue weighted by Crippen LogP contribution is 2.35. The van der Waals surface area contributed by atoms with Crippen LogP contribution in [0.1, 0.15) is 34.6 Å². The smallest absolute Gasteiger partial charge is 0.159 e. The van der Waals surface area contributed by atoms with Gasteiger partial charge in [-0.05, 0) is 61.4 Å². The van der Waals surface area contributed by atoms with Crippen LogP contribution in [0.4, 0.5) is 0 Å². The van der Waals surface area contributed by atoms with Gasteiger partial charge in [-0.1, -0.05) is 109 Å². The maximum Gasteiger partial charge on any atom is 0.159 e. The van der Waals surface area contributed by atoms with Crippen molar-refractivity contribution in [1.82, 2.24) is 19.9 Å². The summed E-state index contributed by atoms with van der Waals surface area (Å²) in [7, 11) is 0. The molecule has 0 aliphatic carbocycles. The molecule has 2 heterocycles. The van der Waals surface area contributed by atoms with Crippen LogP contribution in [0.25, 0.3) is 78.2 Å². The van der Waals surface area contributed by atoms with Gasteiger partial charge in [-0.25, -0.2) is 19.9 Å². The number of nitrogens with zero attached hydrogens (tertiary/aromatic N) is 4. The zero-order valence-corrected chi connectivity index (χ0v) is 27.5. The molecule has 8 aromatic rings. The van der Waals surface area contributed by atoms with E-state index in [0.29, 0.717) is 16.8 Å². The molecule has 0 fully saturated rings. The van der Waals surface area contributed by atoms with Crippen LogP contribution < -0.4 is 0 Å². The molecule has 6 heteroatoms. The Morgan fingerprint density at radius 2 is 0.700 bits per heavy atom. The van der Waals surface area contributed by atoms with Gasteiger partial charge in [0.1, 0.15) is 0 Å². The number of hydrogen-bond donors (Lipinski definition) is 0. The molecule has 0 aliphatic rings. The molecular formula is C44H30N4O2. The van der Waals surface area contributed by atoms with E-state index in [4.69, 9.17) is 19.9 Å². The molecule has 0 saturated carbocycles. The van der Waals surface area contributed by atoms with Gasteiger partial charge in [0.05, 0.1) is 44.8 Å². The van der Waals surface area contributed by atoms with Gasteiger partial charge in [-0.2, -0.15) is 0 Å². The van der Waals surface area contributed by atoms with Crippen LogP contribution in [0.2, 0.25) is 0 Å². The van der Waals surface area contributed by atoms with Gasteiger partial charge in [0.2, 0.25) is 0 Å². The average molecular weight is 647 g/mol. The second kappa shape index (κ2) is 12.7. The molecule has 0 saturated heterocycles. The predicted octanol–water partition coefficient (Wildman–Crippen LogP) is 10.3. The molecule has 0 amide bonds. The van der Waals surface area contributed by atoms with Crippen molar-refractivity contribution in [2.24, 2.45) is 0 Å². The summed E-state index contributed by atoms with van der Waals surface area (Å²) in [5.41, 5.74) is 12.7. The van der Waals surface area contributed by atoms with E-state index in [1.807, 2.05) is 133 Å². The zero-order chi connectivity index (χ0) is 34.2. The lowest BCUT2D eigenvalue weighted by Crippen LogP contribution is -1.98. The van der Waals surface area contributed by atoms with Crippen LogP contribution in [0.3, 0.4) is 0 Å². The fourth-order valence-electron chi connectivity index (χ4n) is 6.24. The summed E-state index contributed by atoms with van der Waals surface area (Å²) in [4.78, 5) is 45.0. The Bertz CT molecular complexity index is 2600. The van der Waals surface area contributed by atoms with Crippen molar-refractivity contribution in [3.63, 3.8) is 0 Å². The Morgan fingerprint density at radius 3 is 1.10 bits per heavy atom. The Balaban J connectivity index is 1.27. The molecule has 0 aliphatic heterocycles. The number of rotatable bonds is 7. The summed E-state index contributed by atoms with van der Waals surface area (Å²) < 4.78 is 0. The normalized spacial score (nSPS) is 11.2. The molecule has 0 spiro atoms. The Kier molecular flexibility index (Phi) is 7.82. The first-order valence-corrected chi connectivity index (χ1v) is 16.4. The third-order valence-electron chi connectivity index (χ3n) is 8.84. The topological polar surface area (TPSA) is 85.7 Å². The SMILES string of the molecule is CC(=O)c1cccc(-c2nc3ccc(-c4ccc5nc(-c6ccccc6)c(-c6cccc(C(C)=O)c6)nc5c4)cc3nc2-c2ccccc2)c1. The van der Waals surface area contributed by atoms with Crippen LogP contribution in [0, 0.1) is 0 Å². The van der Waals surface area contributed by atoms with Gasteiger partial charge in [0.25, 0.3) is 0 Å². The first-order chi connectivity index (χ1) is 24.4. The molecule has 50 heavy (non-hydrogen) atoms. The summed E-state index contributed by atoms with van der Waals surface area (Å²) in [6.07, 6.45) is 0. The van der Waals surface area contributed by atoms with Crippen LogP contribution in [0.15, 0.2) is 146 Å². The molecule has 8 rings (SSSR count). The fraction of sp³-hybridized carbons (Fsp3) is 0.0455. The van der Waals surface area contributed by atoms with E-state index < -0.39 is 0 Å². The van der Waals surface area contributed by atoms with Crippen molar-refractivity contribution >= 4 is 33.6 Å². The van der Waals surface area contributed by atoms with E-state index in [9.17, 15) is 9.59 Å². The number of ketones is 2. The first-order valence-electron chi connectivity index (χ1n) is 16.4. The highest BCUT2D eigenvalue weighted by atomic mass is 16.1. The molecule has 0 N–H and O–H groups in total. The highest BCUT2D eigenvalue weighted by Gasteiger charge is 2.17. The van der Waals surface area contributed by atoms with Crippen molar-refractivity contribution in [3.05, 3.63) is 157 Å². The third-order valence-corrected chi connectivity index (χ3v) is 8.84. The lowest BCUT2D eigenvalue weighted by Gasteiger charge is -2.13. The second-order valence-electron chi connectivity index (χ2n) is 12.3. The number of benzene rings is 6. The third kappa shape index (κ3) is 5.84. The van der Waals surface area contributed by atoms with E-state index >= 15 is 0 Å². The van der Waals surface area contributed by atoms with Gasteiger partial charge in [0.15, 0.2) is 11.6 Å². The van der Waals surface area contributed by atoms with Gasteiger partial charge < -0.3 is 0 Å². The Morgan fingerprint density at radius 1 is 0.340 bits per heavy atom. The van der Waals surface area contributed by atoms with E-state index in [-0.39, 0.29) is 11.6 Å². The van der Waals surface area contributed by atoms with Crippen molar-refractivity contribution in [2.45, 2.75) is 13.8 Å². The summed E-state index contributed by atoms with van der Waals surface area (Å²) in [5.74, 6) is -0.00441. The van der Waals surface area contributed by atoms with E-state index in [2.05, 4.69) is 12.1 Å². The van der Waals surface area contributed by atoms with Crippen LogP contribution in [0.5, 0.6) is 0 Å². The Hall–Kier alpha value is -6.66. The lowest BCUT2D eigenvalue weighted by atomic mass is 9.99. The number of carbonyl (C=O) groups excluding carboxylic acids is 2. The van der Waals surface area contributed by atoms with Crippen molar-refractivity contribution < 1.29 is 9.59 Å². The van der Waals surface area contributed by atoms with Gasteiger partial charge in [-0.3, -0.25) is 9.59 Å². The lowest BCUT2D eigenvalue weighted by molar-refractivity contribution is 0.100. The van der Waals surface area contributed by atoms with E-state index in [1.54, 1.807) is 13.8 Å². The second-order valence-corrected chi connectivity index (χ2v) is 12.3. The largest absolute Gasteiger partial charge is 0.295 e. The minimum atomic E-state index is -0.00401. The van der Waals surface area contributed by atoms with Gasteiger partial charge >= 0.3 is 0 Å². The molecule has 238 valence electrons. The zero-order valence-electron chi connectivity index (χ0n) is 27.5. The molecule has 2 aromatic heterocycles. The number of fused-ring (bicyclic) bond motifs is 2. The number of Topliss-reactive ketones (excluding diaryl/α,β-unsaturated/α-hetero) is 2. The number of aromatic nitrogens is 4. The summed E-state index contributed by atoms with van der Waals surface area (Å²) in [6.45, 7) is 3.14. The quantitative estimate of drug-likeness (QED) is 0.160.